The third-order valence-corrected chi connectivity index (χ3v) is 2.99. The van der Waals surface area contributed by atoms with Crippen molar-refractivity contribution in [2.75, 3.05) is 11.9 Å². The first-order valence-electron chi connectivity index (χ1n) is 6.51. The fourth-order valence-corrected chi connectivity index (χ4v) is 1.78. The largest absolute Gasteiger partial charge is 0.416 e. The summed E-state index contributed by atoms with van der Waals surface area (Å²) >= 11 is 0. The first-order valence-corrected chi connectivity index (χ1v) is 6.51. The summed E-state index contributed by atoms with van der Waals surface area (Å²) < 4.78 is 39.2. The Hall–Kier alpha value is -2.62. The Kier molecular flexibility index (Phi) is 4.84. The number of halogens is 3. The number of aliphatic hydroxyl groups is 1. The summed E-state index contributed by atoms with van der Waals surface area (Å²) in [6, 6.07) is 3.63. The molecule has 2 rings (SSSR count). The van der Waals surface area contributed by atoms with Crippen molar-refractivity contribution in [2.24, 2.45) is 7.05 Å². The molecule has 3 N–H and O–H groups in total. The van der Waals surface area contributed by atoms with Gasteiger partial charge in [0.1, 0.15) is 6.33 Å². The molecule has 0 saturated carbocycles. The highest BCUT2D eigenvalue weighted by Gasteiger charge is 2.30. The molecule has 1 unspecified atom stereocenters. The van der Waals surface area contributed by atoms with Crippen LogP contribution in [0, 0.1) is 0 Å². The van der Waals surface area contributed by atoms with Crippen LogP contribution in [-0.2, 0) is 13.2 Å². The summed E-state index contributed by atoms with van der Waals surface area (Å²) in [5.74, 6) is 0.191. The summed E-state index contributed by atoms with van der Waals surface area (Å²) in [6.45, 7) is -0.259. The smallest absolute Gasteiger partial charge is 0.387 e. The lowest BCUT2D eigenvalue weighted by Crippen LogP contribution is -2.33. The number of carbonyl (C=O) groups excluding carboxylic acids is 1. The van der Waals surface area contributed by atoms with Crippen LogP contribution in [0.2, 0.25) is 0 Å². The Morgan fingerprint density at radius 2 is 2.17 bits per heavy atom. The normalized spacial score (nSPS) is 12.7. The van der Waals surface area contributed by atoms with Gasteiger partial charge < -0.3 is 10.4 Å². The second-order valence-electron chi connectivity index (χ2n) is 4.68. The highest BCUT2D eigenvalue weighted by atomic mass is 19.4. The minimum Gasteiger partial charge on any atom is -0.387 e. The van der Waals surface area contributed by atoms with Gasteiger partial charge >= 0.3 is 12.2 Å². The summed E-state index contributed by atoms with van der Waals surface area (Å²) in [5.41, 5.74) is -0.809. The molecule has 0 aliphatic carbocycles. The Labute approximate surface area is 129 Å². The molecule has 0 bridgehead atoms. The van der Waals surface area contributed by atoms with E-state index in [1.165, 1.54) is 23.1 Å². The van der Waals surface area contributed by atoms with Crippen LogP contribution in [0.3, 0.4) is 0 Å². The van der Waals surface area contributed by atoms with Crippen LogP contribution < -0.4 is 10.6 Å². The molecule has 1 heterocycles. The predicted octanol–water partition coefficient (Wildman–Crippen LogP) is 1.69. The first-order chi connectivity index (χ1) is 10.8. The van der Waals surface area contributed by atoms with Gasteiger partial charge in [-0.3, -0.25) is 5.32 Å². The van der Waals surface area contributed by atoms with Crippen LogP contribution >= 0.6 is 0 Å². The van der Waals surface area contributed by atoms with Gasteiger partial charge in [-0.2, -0.15) is 23.3 Å². The average Bonchev–Trinajstić information content (AvgIpc) is 2.89. The van der Waals surface area contributed by atoms with Gasteiger partial charge in [-0.05, 0) is 17.7 Å². The number of hydrogen-bond donors (Lipinski definition) is 3. The number of anilines is 1. The number of alkyl halides is 3. The molecule has 0 fully saturated rings. The first kappa shape index (κ1) is 16.7. The number of nitrogens with zero attached hydrogens (tertiary/aromatic N) is 3. The highest BCUT2D eigenvalue weighted by molar-refractivity contribution is 5.87. The Morgan fingerprint density at radius 3 is 2.78 bits per heavy atom. The zero-order chi connectivity index (χ0) is 17.0. The molecule has 1 atom stereocenters. The van der Waals surface area contributed by atoms with Crippen molar-refractivity contribution < 1.29 is 23.1 Å². The minimum atomic E-state index is -4.49. The number of benzene rings is 1. The van der Waals surface area contributed by atoms with Crippen LogP contribution in [0.25, 0.3) is 0 Å². The van der Waals surface area contributed by atoms with Gasteiger partial charge in [-0.1, -0.05) is 12.1 Å². The number of aromatic nitrogens is 3. The number of carbonyl (C=O) groups is 1. The number of hydrogen-bond acceptors (Lipinski definition) is 4. The van der Waals surface area contributed by atoms with E-state index in [1.807, 2.05) is 0 Å². The van der Waals surface area contributed by atoms with Gasteiger partial charge in [0, 0.05) is 13.6 Å². The van der Waals surface area contributed by atoms with E-state index in [1.54, 1.807) is 7.05 Å². The summed E-state index contributed by atoms with van der Waals surface area (Å²) in [7, 11) is 1.57. The zero-order valence-corrected chi connectivity index (χ0v) is 12.0. The minimum absolute atomic E-state index is 0.0544. The summed E-state index contributed by atoms with van der Waals surface area (Å²) in [4.78, 5) is 15.4. The van der Waals surface area contributed by atoms with Crippen LogP contribution in [0.5, 0.6) is 0 Å². The quantitative estimate of drug-likeness (QED) is 0.796. The molecule has 0 aliphatic heterocycles. The van der Waals surface area contributed by atoms with Gasteiger partial charge in [-0.25, -0.2) is 9.48 Å². The third kappa shape index (κ3) is 4.42. The molecule has 0 saturated heterocycles. The van der Waals surface area contributed by atoms with Crippen LogP contribution in [0.4, 0.5) is 23.9 Å². The van der Waals surface area contributed by atoms with E-state index in [0.29, 0.717) is 0 Å². The Bertz CT molecular complexity index is 686. The second-order valence-corrected chi connectivity index (χ2v) is 4.68. The molecule has 2 amide bonds. The van der Waals surface area contributed by atoms with Gasteiger partial charge in [0.2, 0.25) is 5.95 Å². The van der Waals surface area contributed by atoms with E-state index in [4.69, 9.17) is 0 Å². The maximum Gasteiger partial charge on any atom is 0.416 e. The second kappa shape index (κ2) is 6.65. The number of nitrogens with one attached hydrogen (secondary N) is 2. The molecule has 0 aliphatic rings. The fraction of sp³-hybridized carbons (Fsp3) is 0.308. The standard InChI is InChI=1S/C13H14F3N5O2/c1-21-11(18-7-19-21)20-12(23)17-6-10(22)8-3-2-4-9(5-8)13(14,15)16/h2-5,7,10,22H,6H2,1H3,(H2,17,18,19,20,23). The van der Waals surface area contributed by atoms with E-state index in [9.17, 15) is 23.1 Å². The lowest BCUT2D eigenvalue weighted by Gasteiger charge is -2.14. The topological polar surface area (TPSA) is 92.1 Å². The molecular formula is C13H14F3N5O2. The van der Waals surface area contributed by atoms with E-state index in [0.717, 1.165) is 12.1 Å². The van der Waals surface area contributed by atoms with E-state index >= 15 is 0 Å². The monoisotopic (exact) mass is 329 g/mol. The van der Waals surface area contributed by atoms with Crippen molar-refractivity contribution in [3.8, 4) is 0 Å². The van der Waals surface area contributed by atoms with Gasteiger partial charge in [-0.15, -0.1) is 0 Å². The molecule has 1 aromatic carbocycles. The van der Waals surface area contributed by atoms with E-state index in [-0.39, 0.29) is 18.1 Å². The summed E-state index contributed by atoms with van der Waals surface area (Å²) in [6.07, 6.45) is -4.53. The van der Waals surface area contributed by atoms with Crippen molar-refractivity contribution in [3.63, 3.8) is 0 Å². The van der Waals surface area contributed by atoms with Crippen LogP contribution in [0.1, 0.15) is 17.2 Å². The molecule has 23 heavy (non-hydrogen) atoms. The van der Waals surface area contributed by atoms with Crippen molar-refractivity contribution in [1.29, 1.82) is 0 Å². The molecule has 0 radical (unpaired) electrons. The molecule has 1 aromatic heterocycles. The SMILES string of the molecule is Cn1ncnc1NC(=O)NCC(O)c1cccc(C(F)(F)F)c1. The van der Waals surface area contributed by atoms with Gasteiger partial charge in [0.25, 0.3) is 0 Å². The lowest BCUT2D eigenvalue weighted by molar-refractivity contribution is -0.137. The molecule has 2 aromatic rings. The number of rotatable bonds is 4. The Balaban J connectivity index is 1.93. The molecule has 124 valence electrons. The molecule has 7 nitrogen and oxygen atoms in total. The number of urea groups is 1. The van der Waals surface area contributed by atoms with Crippen molar-refractivity contribution in [2.45, 2.75) is 12.3 Å². The third-order valence-electron chi connectivity index (χ3n) is 2.99. The van der Waals surface area contributed by atoms with E-state index < -0.39 is 23.9 Å². The Morgan fingerprint density at radius 1 is 1.43 bits per heavy atom. The molecule has 10 heteroatoms. The zero-order valence-electron chi connectivity index (χ0n) is 12.0. The van der Waals surface area contributed by atoms with Crippen LogP contribution in [0.15, 0.2) is 30.6 Å². The predicted molar refractivity (Wildman–Crippen MR) is 74.4 cm³/mol. The van der Waals surface area contributed by atoms with Crippen molar-refractivity contribution >= 4 is 12.0 Å². The fourth-order valence-electron chi connectivity index (χ4n) is 1.78. The van der Waals surface area contributed by atoms with E-state index in [2.05, 4.69) is 20.7 Å². The molecular weight excluding hydrogens is 315 g/mol. The summed E-state index contributed by atoms with van der Waals surface area (Å²) in [5, 5.41) is 18.4. The lowest BCUT2D eigenvalue weighted by atomic mass is 10.1. The maximum absolute atomic E-state index is 12.6. The van der Waals surface area contributed by atoms with Crippen molar-refractivity contribution in [1.82, 2.24) is 20.1 Å². The number of aryl methyl sites for hydroxylation is 1. The maximum atomic E-state index is 12.6. The number of amides is 2. The van der Waals surface area contributed by atoms with Crippen LogP contribution in [-0.4, -0.2) is 32.4 Å². The highest BCUT2D eigenvalue weighted by Crippen LogP contribution is 2.30. The van der Waals surface area contributed by atoms with Gasteiger partial charge in [0.15, 0.2) is 0 Å². The number of aliphatic hydroxyl groups excluding tert-OH is 1. The average molecular weight is 329 g/mol. The van der Waals surface area contributed by atoms with Crippen molar-refractivity contribution in [3.05, 3.63) is 41.7 Å². The van der Waals surface area contributed by atoms with Gasteiger partial charge in [0.05, 0.1) is 11.7 Å². The molecule has 0 spiro atoms.